The van der Waals surface area contributed by atoms with E-state index in [1.54, 1.807) is 6.08 Å². The first kappa shape index (κ1) is 43.8. The van der Waals surface area contributed by atoms with Crippen molar-refractivity contribution in [1.82, 2.24) is 4.90 Å². The van der Waals surface area contributed by atoms with Gasteiger partial charge in [-0.2, -0.15) is 0 Å². The van der Waals surface area contributed by atoms with Crippen LogP contribution in [0.5, 0.6) is 17.2 Å². The Balaban J connectivity index is 1.43. The van der Waals surface area contributed by atoms with E-state index in [0.717, 1.165) is 71.9 Å². The average molecular weight is 825 g/mol. The zero-order chi connectivity index (χ0) is 42.3. The SMILES string of the molecule is C=CCO[C@@]12Oc3ccc(Oc4ccc5ccccc5c4)cc3[C@H]3[C@H](CCCCO)[C@@H](CCCCO)C=C(C(=NOC(C)(C)C)C[C@@H]1N(CCOCCO)C(=O)C1CC1)[C@H]32. The lowest BCUT2D eigenvalue weighted by Gasteiger charge is -2.60. The summed E-state index contributed by atoms with van der Waals surface area (Å²) in [6.45, 7) is 10.9. The molecule has 7 rings (SSSR count). The summed E-state index contributed by atoms with van der Waals surface area (Å²) in [5, 5.41) is 36.6. The monoisotopic (exact) mass is 824 g/mol. The Morgan fingerprint density at radius 1 is 0.933 bits per heavy atom. The number of aliphatic hydroxyl groups is 3. The van der Waals surface area contributed by atoms with Crippen molar-refractivity contribution in [3.05, 3.63) is 90.5 Å². The van der Waals surface area contributed by atoms with Crippen LogP contribution >= 0.6 is 0 Å². The maximum atomic E-state index is 14.6. The molecule has 324 valence electrons. The number of amides is 1. The predicted octanol–water partition coefficient (Wildman–Crippen LogP) is 8.31. The molecule has 60 heavy (non-hydrogen) atoms. The number of nitrogens with zero attached hydrogens (tertiary/aromatic N) is 2. The standard InChI is InChI=1S/C49H64N2O9/c1-5-26-57-49-44(51(22-27-56-28-25-54)47(55)34-16-17-34)32-42(50-60-48(2,3)4)40-30-36(14-8-10-23-52)39(15-9-11-24-53)45(46(40)49)41-31-38(20-21-43(41)59-49)58-37-19-18-33-12-6-7-13-35(33)29-37/h5-7,12-13,18-21,29-31,34,36,39,44-46,52-54H,1,8-11,14-17,22-28,32H2,2-4H3/t36-,39+,44-,45+,46+,49+/m0/s1. The van der Waals surface area contributed by atoms with E-state index in [1.165, 1.54) is 0 Å². The van der Waals surface area contributed by atoms with Crippen molar-refractivity contribution in [3.8, 4) is 17.2 Å². The van der Waals surface area contributed by atoms with Gasteiger partial charge in [-0.1, -0.05) is 60.5 Å². The van der Waals surface area contributed by atoms with Gasteiger partial charge in [-0.15, -0.1) is 6.58 Å². The maximum Gasteiger partial charge on any atom is 0.239 e. The normalized spacial score (nSPS) is 25.2. The van der Waals surface area contributed by atoms with Crippen molar-refractivity contribution in [2.45, 2.75) is 102 Å². The van der Waals surface area contributed by atoms with Crippen LogP contribution in [-0.2, 0) is 19.1 Å². The van der Waals surface area contributed by atoms with Crippen molar-refractivity contribution >= 4 is 22.4 Å². The highest BCUT2D eigenvalue weighted by Gasteiger charge is 2.66. The number of rotatable bonds is 21. The van der Waals surface area contributed by atoms with Gasteiger partial charge in [-0.25, -0.2) is 0 Å². The van der Waals surface area contributed by atoms with E-state index in [2.05, 4.69) is 43.0 Å². The van der Waals surface area contributed by atoms with Crippen LogP contribution in [0, 0.1) is 23.7 Å². The molecule has 3 aliphatic carbocycles. The molecule has 1 aliphatic heterocycles. The molecule has 4 aliphatic rings. The molecule has 2 saturated carbocycles. The zero-order valence-corrected chi connectivity index (χ0v) is 35.6. The minimum absolute atomic E-state index is 0.0277. The maximum absolute atomic E-state index is 14.6. The van der Waals surface area contributed by atoms with Crippen molar-refractivity contribution < 1.29 is 43.9 Å². The van der Waals surface area contributed by atoms with Crippen LogP contribution in [0.15, 0.2) is 90.1 Å². The van der Waals surface area contributed by atoms with Gasteiger partial charge in [0.1, 0.15) is 28.9 Å². The van der Waals surface area contributed by atoms with Crippen LogP contribution in [-0.4, -0.2) is 95.5 Å². The molecule has 1 amide bonds. The molecule has 0 spiro atoms. The number of allylic oxidation sites excluding steroid dienone is 1. The summed E-state index contributed by atoms with van der Waals surface area (Å²) in [6.07, 6.45) is 10.8. The third kappa shape index (κ3) is 9.76. The van der Waals surface area contributed by atoms with Crippen molar-refractivity contribution in [3.63, 3.8) is 0 Å². The highest BCUT2D eigenvalue weighted by atomic mass is 16.7. The number of fused-ring (bicyclic) bond motifs is 3. The number of hydrogen-bond donors (Lipinski definition) is 3. The van der Waals surface area contributed by atoms with Gasteiger partial charge in [0.2, 0.25) is 11.7 Å². The molecule has 0 unspecified atom stereocenters. The lowest BCUT2D eigenvalue weighted by molar-refractivity contribution is -0.258. The third-order valence-electron chi connectivity index (χ3n) is 12.3. The van der Waals surface area contributed by atoms with Gasteiger partial charge in [-0.3, -0.25) is 4.79 Å². The molecular weight excluding hydrogens is 761 g/mol. The van der Waals surface area contributed by atoms with Gasteiger partial charge >= 0.3 is 0 Å². The molecule has 3 aromatic carbocycles. The Hall–Kier alpha value is -4.26. The molecule has 0 radical (unpaired) electrons. The van der Waals surface area contributed by atoms with Crippen LogP contribution in [0.2, 0.25) is 0 Å². The minimum atomic E-state index is -1.36. The Bertz CT molecular complexity index is 2000. The smallest absolute Gasteiger partial charge is 0.239 e. The Labute approximate surface area is 355 Å². The number of benzene rings is 3. The number of aliphatic hydroxyl groups excluding tert-OH is 3. The van der Waals surface area contributed by atoms with Gasteiger partial charge in [0.15, 0.2) is 0 Å². The summed E-state index contributed by atoms with van der Waals surface area (Å²) in [5.74, 6) is 0.224. The van der Waals surface area contributed by atoms with Gasteiger partial charge in [-0.05, 0) is 118 Å². The zero-order valence-electron chi connectivity index (χ0n) is 35.6. The summed E-state index contributed by atoms with van der Waals surface area (Å²) < 4.78 is 26.9. The second-order valence-corrected chi connectivity index (χ2v) is 17.7. The summed E-state index contributed by atoms with van der Waals surface area (Å²) >= 11 is 0. The second kappa shape index (κ2) is 19.6. The van der Waals surface area contributed by atoms with Crippen molar-refractivity contribution in [1.29, 1.82) is 0 Å². The highest BCUT2D eigenvalue weighted by molar-refractivity contribution is 6.03. The molecular formula is C49H64N2O9. The molecule has 1 heterocycles. The van der Waals surface area contributed by atoms with Crippen LogP contribution in [0.3, 0.4) is 0 Å². The van der Waals surface area contributed by atoms with E-state index >= 15 is 0 Å². The average Bonchev–Trinajstić information content (AvgIpc) is 4.09. The highest BCUT2D eigenvalue weighted by Crippen LogP contribution is 2.62. The number of oxime groups is 1. The molecule has 2 fully saturated rings. The second-order valence-electron chi connectivity index (χ2n) is 17.7. The van der Waals surface area contributed by atoms with E-state index in [4.69, 9.17) is 28.9 Å². The fourth-order valence-corrected chi connectivity index (χ4v) is 9.58. The van der Waals surface area contributed by atoms with E-state index in [1.807, 2.05) is 56.0 Å². The summed E-state index contributed by atoms with van der Waals surface area (Å²) in [7, 11) is 0. The molecule has 0 saturated heterocycles. The molecule has 11 nitrogen and oxygen atoms in total. The topological polar surface area (TPSA) is 140 Å². The molecule has 11 heteroatoms. The van der Waals surface area contributed by atoms with E-state index in [-0.39, 0.29) is 75.8 Å². The number of ether oxygens (including phenoxy) is 4. The van der Waals surface area contributed by atoms with E-state index in [0.29, 0.717) is 30.8 Å². The molecule has 0 bridgehead atoms. The quantitative estimate of drug-likeness (QED) is 0.0550. The first-order valence-corrected chi connectivity index (χ1v) is 22.0. The summed E-state index contributed by atoms with van der Waals surface area (Å²) in [4.78, 5) is 22.7. The van der Waals surface area contributed by atoms with Crippen molar-refractivity contribution in [2.24, 2.45) is 28.8 Å². The van der Waals surface area contributed by atoms with E-state index < -0.39 is 23.3 Å². The first-order valence-electron chi connectivity index (χ1n) is 22.0. The van der Waals surface area contributed by atoms with Gasteiger partial charge in [0, 0.05) is 43.6 Å². The molecule has 3 N–H and O–H groups in total. The molecule has 3 aromatic rings. The minimum Gasteiger partial charge on any atom is -0.459 e. The number of unbranched alkanes of at least 4 members (excludes halogenated alkanes) is 2. The van der Waals surface area contributed by atoms with Gasteiger partial charge in [0.05, 0.1) is 38.1 Å². The van der Waals surface area contributed by atoms with Gasteiger partial charge in [0.25, 0.3) is 0 Å². The van der Waals surface area contributed by atoms with Gasteiger partial charge < -0.3 is 44.0 Å². The largest absolute Gasteiger partial charge is 0.459 e. The van der Waals surface area contributed by atoms with Crippen molar-refractivity contribution in [2.75, 3.05) is 46.2 Å². The molecule has 0 aromatic heterocycles. The third-order valence-corrected chi connectivity index (χ3v) is 12.3. The summed E-state index contributed by atoms with van der Waals surface area (Å²) in [6, 6.07) is 19.7. The number of carbonyl (C=O) groups is 1. The fraction of sp³-hybridized carbons (Fsp3) is 0.551. The Morgan fingerprint density at radius 3 is 2.38 bits per heavy atom. The van der Waals surface area contributed by atoms with E-state index in [9.17, 15) is 20.1 Å². The van der Waals surface area contributed by atoms with Crippen LogP contribution in [0.25, 0.3) is 10.8 Å². The fourth-order valence-electron chi connectivity index (χ4n) is 9.58. The lowest BCUT2D eigenvalue weighted by atomic mass is 9.55. The van der Waals surface area contributed by atoms with Crippen LogP contribution in [0.1, 0.15) is 90.0 Å². The number of carbonyl (C=O) groups excluding carboxylic acids is 1. The Kier molecular flexibility index (Phi) is 14.3. The first-order chi connectivity index (χ1) is 29.1. The summed E-state index contributed by atoms with van der Waals surface area (Å²) in [5.41, 5.74) is 2.15. The predicted molar refractivity (Wildman–Crippen MR) is 232 cm³/mol. The van der Waals surface area contributed by atoms with Crippen LogP contribution < -0.4 is 9.47 Å². The molecule has 6 atom stereocenters. The number of hydrogen-bond acceptors (Lipinski definition) is 10. The van der Waals surface area contributed by atoms with Crippen LogP contribution in [0.4, 0.5) is 0 Å². The lowest BCUT2D eigenvalue weighted by Crippen LogP contribution is -2.70. The Morgan fingerprint density at radius 2 is 1.67 bits per heavy atom.